The normalized spacial score (nSPS) is 13.2. The quantitative estimate of drug-likeness (QED) is 0.692. The fraction of sp³-hybridized carbons (Fsp3) is 0.364. The standard InChI is InChI=1S/C11H15N3S/c1-12-9(4-5-15)8-2-3-10-11(6-8)14-7-13-10/h2-3,6-7,9,12,15H,4-5H2,1H3,(H,13,14). The van der Waals surface area contributed by atoms with Crippen molar-refractivity contribution in [2.45, 2.75) is 12.5 Å². The zero-order valence-corrected chi connectivity index (χ0v) is 9.59. The number of nitrogens with one attached hydrogen (secondary N) is 2. The summed E-state index contributed by atoms with van der Waals surface area (Å²) in [6.45, 7) is 0. The van der Waals surface area contributed by atoms with Gasteiger partial charge in [-0.15, -0.1) is 0 Å². The molecule has 0 amide bonds. The van der Waals surface area contributed by atoms with Gasteiger partial charge in [0, 0.05) is 6.04 Å². The van der Waals surface area contributed by atoms with Crippen molar-refractivity contribution in [3.63, 3.8) is 0 Å². The number of H-pyrrole nitrogens is 1. The van der Waals surface area contributed by atoms with Gasteiger partial charge in [0.2, 0.25) is 0 Å². The van der Waals surface area contributed by atoms with Crippen molar-refractivity contribution in [2.75, 3.05) is 12.8 Å². The molecule has 0 aliphatic rings. The van der Waals surface area contributed by atoms with E-state index in [1.54, 1.807) is 6.33 Å². The Bertz CT molecular complexity index is 438. The number of hydrogen-bond acceptors (Lipinski definition) is 3. The average molecular weight is 221 g/mol. The molecule has 80 valence electrons. The molecule has 4 heteroatoms. The number of fused-ring (bicyclic) bond motifs is 1. The van der Waals surface area contributed by atoms with E-state index in [4.69, 9.17) is 0 Å². The van der Waals surface area contributed by atoms with Gasteiger partial charge in [0.05, 0.1) is 17.4 Å². The third-order valence-electron chi connectivity index (χ3n) is 2.61. The van der Waals surface area contributed by atoms with E-state index in [2.05, 4.69) is 40.0 Å². The Morgan fingerprint density at radius 1 is 1.53 bits per heavy atom. The lowest BCUT2D eigenvalue weighted by molar-refractivity contribution is 0.582. The van der Waals surface area contributed by atoms with Gasteiger partial charge in [0.1, 0.15) is 0 Å². The van der Waals surface area contributed by atoms with Crippen LogP contribution in [0.1, 0.15) is 18.0 Å². The summed E-state index contributed by atoms with van der Waals surface area (Å²) in [6.07, 6.45) is 2.75. The first-order valence-corrected chi connectivity index (χ1v) is 5.69. The molecular weight excluding hydrogens is 206 g/mol. The number of benzene rings is 1. The van der Waals surface area contributed by atoms with E-state index in [9.17, 15) is 0 Å². The molecule has 1 atom stereocenters. The van der Waals surface area contributed by atoms with Gasteiger partial charge in [-0.05, 0) is 36.9 Å². The van der Waals surface area contributed by atoms with Gasteiger partial charge in [0.25, 0.3) is 0 Å². The SMILES string of the molecule is CNC(CCS)c1ccc2nc[nH]c2c1. The van der Waals surface area contributed by atoms with Gasteiger partial charge in [-0.1, -0.05) is 6.07 Å². The van der Waals surface area contributed by atoms with E-state index < -0.39 is 0 Å². The second-order valence-electron chi connectivity index (χ2n) is 3.53. The van der Waals surface area contributed by atoms with Crippen LogP contribution in [0.2, 0.25) is 0 Å². The van der Waals surface area contributed by atoms with Crippen molar-refractivity contribution < 1.29 is 0 Å². The molecule has 2 N–H and O–H groups in total. The molecule has 0 saturated carbocycles. The first kappa shape index (κ1) is 10.5. The third kappa shape index (κ3) is 2.16. The van der Waals surface area contributed by atoms with Crippen LogP contribution < -0.4 is 5.32 Å². The van der Waals surface area contributed by atoms with Crippen molar-refractivity contribution in [3.8, 4) is 0 Å². The molecule has 1 aromatic heterocycles. The summed E-state index contributed by atoms with van der Waals surface area (Å²) in [7, 11) is 1.98. The van der Waals surface area contributed by atoms with Crippen LogP contribution in [0.5, 0.6) is 0 Å². The summed E-state index contributed by atoms with van der Waals surface area (Å²) in [5.41, 5.74) is 3.38. The lowest BCUT2D eigenvalue weighted by Crippen LogP contribution is -2.16. The van der Waals surface area contributed by atoms with Crippen molar-refractivity contribution in [3.05, 3.63) is 30.1 Å². The predicted octanol–water partition coefficient (Wildman–Crippen LogP) is 2.14. The highest BCUT2D eigenvalue weighted by Crippen LogP contribution is 2.20. The number of hydrogen-bond donors (Lipinski definition) is 3. The van der Waals surface area contributed by atoms with Crippen LogP contribution in [0.25, 0.3) is 11.0 Å². The largest absolute Gasteiger partial charge is 0.345 e. The molecule has 0 fully saturated rings. The summed E-state index contributed by atoms with van der Waals surface area (Å²) in [4.78, 5) is 7.32. The van der Waals surface area contributed by atoms with Crippen LogP contribution in [-0.2, 0) is 0 Å². The molecule has 2 aromatic rings. The van der Waals surface area contributed by atoms with Crippen molar-refractivity contribution in [2.24, 2.45) is 0 Å². The fourth-order valence-electron chi connectivity index (χ4n) is 1.78. The lowest BCUT2D eigenvalue weighted by atomic mass is 10.0. The molecule has 0 aliphatic heterocycles. The number of imidazole rings is 1. The number of aromatic nitrogens is 2. The Labute approximate surface area is 94.7 Å². The minimum absolute atomic E-state index is 0.371. The van der Waals surface area contributed by atoms with Crippen LogP contribution in [0.15, 0.2) is 24.5 Å². The fourth-order valence-corrected chi connectivity index (χ4v) is 2.03. The molecule has 15 heavy (non-hydrogen) atoms. The lowest BCUT2D eigenvalue weighted by Gasteiger charge is -2.15. The molecule has 0 bridgehead atoms. The van der Waals surface area contributed by atoms with E-state index in [1.807, 2.05) is 13.1 Å². The number of aromatic amines is 1. The Morgan fingerprint density at radius 3 is 3.13 bits per heavy atom. The van der Waals surface area contributed by atoms with Crippen LogP contribution in [0, 0.1) is 0 Å². The second kappa shape index (κ2) is 4.68. The minimum atomic E-state index is 0.371. The Hall–Kier alpha value is -1.00. The Kier molecular flexibility index (Phi) is 3.28. The van der Waals surface area contributed by atoms with Gasteiger partial charge in [0.15, 0.2) is 0 Å². The van der Waals surface area contributed by atoms with Crippen molar-refractivity contribution >= 4 is 23.7 Å². The highest BCUT2D eigenvalue weighted by molar-refractivity contribution is 7.80. The first-order valence-electron chi connectivity index (χ1n) is 5.06. The van der Waals surface area contributed by atoms with Crippen molar-refractivity contribution in [1.29, 1.82) is 0 Å². The summed E-state index contributed by atoms with van der Waals surface area (Å²) in [5.74, 6) is 0.881. The van der Waals surface area contributed by atoms with Crippen LogP contribution in [-0.4, -0.2) is 22.8 Å². The molecule has 1 unspecified atom stereocenters. The number of nitrogens with zero attached hydrogens (tertiary/aromatic N) is 1. The zero-order chi connectivity index (χ0) is 10.7. The van der Waals surface area contributed by atoms with Crippen LogP contribution in [0.4, 0.5) is 0 Å². The average Bonchev–Trinajstić information content (AvgIpc) is 2.72. The van der Waals surface area contributed by atoms with E-state index in [-0.39, 0.29) is 0 Å². The summed E-state index contributed by atoms with van der Waals surface area (Å²) < 4.78 is 0. The van der Waals surface area contributed by atoms with Gasteiger partial charge in [-0.25, -0.2) is 4.98 Å². The molecule has 1 aromatic carbocycles. The van der Waals surface area contributed by atoms with Gasteiger partial charge in [-0.3, -0.25) is 0 Å². The predicted molar refractivity (Wildman–Crippen MR) is 66.4 cm³/mol. The second-order valence-corrected chi connectivity index (χ2v) is 3.98. The number of thiol groups is 1. The molecule has 0 spiro atoms. The van der Waals surface area contributed by atoms with E-state index >= 15 is 0 Å². The van der Waals surface area contributed by atoms with E-state index in [1.165, 1.54) is 5.56 Å². The van der Waals surface area contributed by atoms with Crippen LogP contribution >= 0.6 is 12.6 Å². The van der Waals surface area contributed by atoms with Gasteiger partial charge < -0.3 is 10.3 Å². The molecule has 0 aliphatic carbocycles. The summed E-state index contributed by atoms with van der Waals surface area (Å²) in [6, 6.07) is 6.68. The highest BCUT2D eigenvalue weighted by Gasteiger charge is 2.08. The topological polar surface area (TPSA) is 40.7 Å². The smallest absolute Gasteiger partial charge is 0.0931 e. The van der Waals surface area contributed by atoms with Gasteiger partial charge in [-0.2, -0.15) is 12.6 Å². The van der Waals surface area contributed by atoms with Gasteiger partial charge >= 0.3 is 0 Å². The number of rotatable bonds is 4. The monoisotopic (exact) mass is 221 g/mol. The molecule has 2 rings (SSSR count). The maximum absolute atomic E-state index is 4.27. The molecule has 0 saturated heterocycles. The zero-order valence-electron chi connectivity index (χ0n) is 8.70. The maximum Gasteiger partial charge on any atom is 0.0931 e. The van der Waals surface area contributed by atoms with Crippen LogP contribution in [0.3, 0.4) is 0 Å². The van der Waals surface area contributed by atoms with E-state index in [0.29, 0.717) is 6.04 Å². The molecule has 1 heterocycles. The maximum atomic E-state index is 4.27. The van der Waals surface area contributed by atoms with E-state index in [0.717, 1.165) is 23.2 Å². The molecular formula is C11H15N3S. The first-order chi connectivity index (χ1) is 7.35. The molecule has 0 radical (unpaired) electrons. The Balaban J connectivity index is 2.33. The summed E-state index contributed by atoms with van der Waals surface area (Å²) >= 11 is 4.27. The third-order valence-corrected chi connectivity index (χ3v) is 2.87. The van der Waals surface area contributed by atoms with Crippen molar-refractivity contribution in [1.82, 2.24) is 15.3 Å². The molecule has 3 nitrogen and oxygen atoms in total. The highest BCUT2D eigenvalue weighted by atomic mass is 32.1. The Morgan fingerprint density at radius 2 is 2.40 bits per heavy atom. The minimum Gasteiger partial charge on any atom is -0.345 e. The summed E-state index contributed by atoms with van der Waals surface area (Å²) in [5, 5.41) is 3.29.